The lowest BCUT2D eigenvalue weighted by Crippen LogP contribution is -2.36. The first-order chi connectivity index (χ1) is 17.3. The van der Waals surface area contributed by atoms with Crippen LogP contribution in [0.4, 0.5) is 0 Å². The summed E-state index contributed by atoms with van der Waals surface area (Å²) in [6, 6.07) is 12.0. The van der Waals surface area contributed by atoms with E-state index in [1.54, 1.807) is 0 Å². The molecule has 36 heavy (non-hydrogen) atoms. The molecule has 2 atom stereocenters. The molecule has 2 aliphatic rings. The van der Waals surface area contributed by atoms with Gasteiger partial charge in [-0.2, -0.15) is 0 Å². The third-order valence-electron chi connectivity index (χ3n) is 7.98. The largest absolute Gasteiger partial charge is 0.479 e. The number of carbonyl (C=O) groups is 2. The number of hydrogen-bond donors (Lipinski definition) is 2. The minimum atomic E-state index is -1.56. The van der Waals surface area contributed by atoms with Gasteiger partial charge in [0.2, 0.25) is 0 Å². The highest BCUT2D eigenvalue weighted by Gasteiger charge is 2.47. The number of ether oxygens (including phenoxy) is 2. The second-order valence-corrected chi connectivity index (χ2v) is 10.4. The van der Waals surface area contributed by atoms with Crippen molar-refractivity contribution in [3.05, 3.63) is 58.7 Å². The predicted octanol–water partition coefficient (Wildman–Crippen LogP) is 6.78. The molecule has 6 heteroatoms. The zero-order valence-electron chi connectivity index (χ0n) is 21.5. The van der Waals surface area contributed by atoms with Crippen molar-refractivity contribution in [2.24, 2.45) is 5.92 Å². The lowest BCUT2D eigenvalue weighted by atomic mass is 9.73. The van der Waals surface area contributed by atoms with E-state index in [1.807, 2.05) is 37.3 Å². The highest BCUT2D eigenvalue weighted by Crippen LogP contribution is 2.46. The van der Waals surface area contributed by atoms with E-state index in [9.17, 15) is 19.8 Å². The van der Waals surface area contributed by atoms with Crippen molar-refractivity contribution in [1.82, 2.24) is 0 Å². The fourth-order valence-electron chi connectivity index (χ4n) is 6.18. The lowest BCUT2D eigenvalue weighted by molar-refractivity contribution is -0.156. The maximum absolute atomic E-state index is 11.8. The number of hydrogen-bond acceptors (Lipinski definition) is 4. The molecule has 4 rings (SSSR count). The van der Waals surface area contributed by atoms with Gasteiger partial charge in [-0.15, -0.1) is 0 Å². The quantitative estimate of drug-likeness (QED) is 0.373. The smallest absolute Gasteiger partial charge is 0.336 e. The molecule has 1 aliphatic heterocycles. The van der Waals surface area contributed by atoms with Crippen molar-refractivity contribution in [2.75, 3.05) is 0 Å². The first kappa shape index (κ1) is 26.4. The molecule has 2 N–H and O–H groups in total. The second kappa shape index (κ2) is 11.6. The van der Waals surface area contributed by atoms with Gasteiger partial charge in [-0.05, 0) is 79.2 Å². The van der Waals surface area contributed by atoms with Crippen LogP contribution in [0, 0.1) is 19.8 Å². The fourth-order valence-corrected chi connectivity index (χ4v) is 6.18. The normalized spacial score (nSPS) is 24.6. The van der Waals surface area contributed by atoms with Gasteiger partial charge in [0.25, 0.3) is 0 Å². The number of carboxylic acids is 2. The first-order valence-corrected chi connectivity index (χ1v) is 13.3. The second-order valence-electron chi connectivity index (χ2n) is 10.4. The zero-order valence-corrected chi connectivity index (χ0v) is 21.5. The number of benzene rings is 2. The van der Waals surface area contributed by atoms with Crippen LogP contribution in [-0.4, -0.2) is 34.4 Å². The molecule has 1 aliphatic carbocycles. The number of carboxylic acid groups (broad SMARTS) is 2. The van der Waals surface area contributed by atoms with Gasteiger partial charge in [-0.1, -0.05) is 69.0 Å². The molecule has 0 spiro atoms. The summed E-state index contributed by atoms with van der Waals surface area (Å²) in [6.45, 7) is 6.44. The molecule has 0 amide bonds. The molecular weight excluding hydrogens is 456 g/mol. The first-order valence-electron chi connectivity index (χ1n) is 13.3. The predicted molar refractivity (Wildman–Crippen MR) is 138 cm³/mol. The van der Waals surface area contributed by atoms with E-state index < -0.39 is 30.4 Å². The molecule has 1 saturated heterocycles. The Bertz CT molecular complexity index is 1050. The highest BCUT2D eigenvalue weighted by atomic mass is 16.7. The minimum Gasteiger partial charge on any atom is -0.479 e. The van der Waals surface area contributed by atoms with E-state index in [-0.39, 0.29) is 0 Å². The topological polar surface area (TPSA) is 93.1 Å². The van der Waals surface area contributed by atoms with Crippen molar-refractivity contribution >= 4 is 11.9 Å². The monoisotopic (exact) mass is 494 g/mol. The van der Waals surface area contributed by atoms with Crippen LogP contribution in [0.25, 0.3) is 11.1 Å². The number of aryl methyl sites for hydroxylation is 1. The van der Waals surface area contributed by atoms with Crippen LogP contribution in [0.15, 0.2) is 36.4 Å². The Morgan fingerprint density at radius 1 is 0.889 bits per heavy atom. The molecule has 2 aromatic carbocycles. The van der Waals surface area contributed by atoms with Crippen molar-refractivity contribution in [3.63, 3.8) is 0 Å². The fraction of sp³-hybridized carbons (Fsp3) is 0.533. The average Bonchev–Trinajstić information content (AvgIpc) is 3.31. The van der Waals surface area contributed by atoms with Crippen molar-refractivity contribution in [2.45, 2.75) is 96.6 Å². The molecule has 1 saturated carbocycles. The van der Waals surface area contributed by atoms with Gasteiger partial charge in [0.1, 0.15) is 0 Å². The number of unbranched alkanes of at least 4 members (excludes halogenated alkanes) is 2. The van der Waals surface area contributed by atoms with Crippen LogP contribution >= 0.6 is 0 Å². The summed E-state index contributed by atoms with van der Waals surface area (Å²) >= 11 is 0. The SMILES string of the molecule is CCCCCC1CCC(c2c(C)cc(-c3ccccc3)c(C3O[C@@H](C(=O)O)[C@H](C(=O)O)O3)c2C)CC1. The Morgan fingerprint density at radius 3 is 2.06 bits per heavy atom. The lowest BCUT2D eigenvalue weighted by Gasteiger charge is -2.32. The maximum Gasteiger partial charge on any atom is 0.336 e. The van der Waals surface area contributed by atoms with Crippen molar-refractivity contribution in [1.29, 1.82) is 0 Å². The molecular formula is C30H38O6. The van der Waals surface area contributed by atoms with E-state index in [4.69, 9.17) is 9.47 Å². The van der Waals surface area contributed by atoms with Crippen molar-refractivity contribution < 1.29 is 29.3 Å². The van der Waals surface area contributed by atoms with Crippen LogP contribution in [0.5, 0.6) is 0 Å². The number of rotatable bonds is 9. The van der Waals surface area contributed by atoms with Gasteiger partial charge in [-0.25, -0.2) is 9.59 Å². The van der Waals surface area contributed by atoms with E-state index in [0.29, 0.717) is 5.92 Å². The standard InChI is InChI=1S/C30H38O6/c1-4-5-7-10-20-13-15-22(16-14-20)24-18(2)17-23(21-11-8-6-9-12-21)25(19(24)3)30-35-26(28(31)32)27(36-30)29(33)34/h6,8-9,11-12,17,20,22,26-27,30H,4-5,7,10,13-16H2,1-3H3,(H,31,32)(H,33,34)/t20?,22?,26-,27-/m1/s1. The van der Waals surface area contributed by atoms with Gasteiger partial charge in [-0.3, -0.25) is 0 Å². The molecule has 0 bridgehead atoms. The zero-order chi connectivity index (χ0) is 25.8. The summed E-state index contributed by atoms with van der Waals surface area (Å²) in [5.41, 5.74) is 6.08. The summed E-state index contributed by atoms with van der Waals surface area (Å²) in [5.74, 6) is -1.45. The van der Waals surface area contributed by atoms with Crippen LogP contribution in [0.3, 0.4) is 0 Å². The third kappa shape index (κ3) is 5.50. The van der Waals surface area contributed by atoms with Gasteiger partial charge in [0.05, 0.1) is 0 Å². The van der Waals surface area contributed by atoms with Crippen LogP contribution in [-0.2, 0) is 19.1 Å². The van der Waals surface area contributed by atoms with Crippen LogP contribution in [0.1, 0.15) is 92.8 Å². The molecule has 2 fully saturated rings. The third-order valence-corrected chi connectivity index (χ3v) is 7.98. The Labute approximate surface area is 213 Å². The number of aliphatic carboxylic acids is 2. The summed E-state index contributed by atoms with van der Waals surface area (Å²) in [6.07, 6.45) is 5.71. The van der Waals surface area contributed by atoms with E-state index in [1.165, 1.54) is 49.7 Å². The molecule has 194 valence electrons. The summed E-state index contributed by atoms with van der Waals surface area (Å²) in [4.78, 5) is 23.5. The van der Waals surface area contributed by atoms with Gasteiger partial charge in [0.15, 0.2) is 18.5 Å². The molecule has 6 nitrogen and oxygen atoms in total. The molecule has 0 aromatic heterocycles. The van der Waals surface area contributed by atoms with Crippen LogP contribution in [0.2, 0.25) is 0 Å². The Balaban J connectivity index is 1.70. The average molecular weight is 495 g/mol. The molecule has 1 heterocycles. The van der Waals surface area contributed by atoms with E-state index in [2.05, 4.69) is 19.9 Å². The molecule has 0 radical (unpaired) electrons. The Hall–Kier alpha value is -2.70. The van der Waals surface area contributed by atoms with E-state index in [0.717, 1.165) is 41.0 Å². The summed E-state index contributed by atoms with van der Waals surface area (Å²) in [7, 11) is 0. The minimum absolute atomic E-state index is 0.419. The van der Waals surface area contributed by atoms with Crippen LogP contribution < -0.4 is 0 Å². The molecule has 0 unspecified atom stereocenters. The van der Waals surface area contributed by atoms with Gasteiger partial charge < -0.3 is 19.7 Å². The van der Waals surface area contributed by atoms with E-state index >= 15 is 0 Å². The summed E-state index contributed by atoms with van der Waals surface area (Å²) < 4.78 is 11.6. The summed E-state index contributed by atoms with van der Waals surface area (Å²) in [5, 5.41) is 19.2. The molecule has 2 aromatic rings. The van der Waals surface area contributed by atoms with Crippen molar-refractivity contribution in [3.8, 4) is 11.1 Å². The van der Waals surface area contributed by atoms with Gasteiger partial charge in [0, 0.05) is 5.56 Å². The highest BCUT2D eigenvalue weighted by molar-refractivity contribution is 5.84. The Kier molecular flexibility index (Phi) is 8.47. The Morgan fingerprint density at radius 2 is 1.50 bits per heavy atom. The van der Waals surface area contributed by atoms with Gasteiger partial charge >= 0.3 is 11.9 Å². The maximum atomic E-state index is 11.8.